The molecule has 1 aromatic rings. The highest BCUT2D eigenvalue weighted by Gasteiger charge is 2.34. The van der Waals surface area contributed by atoms with Crippen molar-refractivity contribution in [3.8, 4) is 0 Å². The van der Waals surface area contributed by atoms with E-state index in [1.807, 2.05) is 39.0 Å². The quantitative estimate of drug-likeness (QED) is 0.560. The summed E-state index contributed by atoms with van der Waals surface area (Å²) in [6.45, 7) is 9.13. The summed E-state index contributed by atoms with van der Waals surface area (Å²) in [6.07, 6.45) is 5.76. The number of hydrogen-bond donors (Lipinski definition) is 3. The van der Waals surface area contributed by atoms with Gasteiger partial charge in [-0.15, -0.1) is 0 Å². The van der Waals surface area contributed by atoms with Crippen LogP contribution in [0.4, 0.5) is 0 Å². The van der Waals surface area contributed by atoms with Crippen molar-refractivity contribution >= 4 is 0 Å². The molecule has 0 spiro atoms. The number of aliphatic hydroxyl groups excluding tert-OH is 3. The zero-order valence-corrected chi connectivity index (χ0v) is 18.4. The van der Waals surface area contributed by atoms with Gasteiger partial charge in [-0.2, -0.15) is 0 Å². The minimum absolute atomic E-state index is 0.0638. The lowest BCUT2D eigenvalue weighted by atomic mass is 10.1. The summed E-state index contributed by atoms with van der Waals surface area (Å²) in [5.74, 6) is 0. The zero-order chi connectivity index (χ0) is 22.4. The fourth-order valence-electron chi connectivity index (χ4n) is 2.65. The van der Waals surface area contributed by atoms with Gasteiger partial charge in [0.25, 0.3) is 0 Å². The Hall–Kier alpha value is -1.80. The summed E-state index contributed by atoms with van der Waals surface area (Å²) >= 11 is 0. The average Bonchev–Trinajstić information content (AvgIpc) is 2.74. The molecule has 1 heterocycles. The molecule has 0 aliphatic carbocycles. The third kappa shape index (κ3) is 10.3. The monoisotopic (exact) mass is 420 g/mol. The maximum Gasteiger partial charge on any atom is 0.177 e. The molecule has 30 heavy (non-hydrogen) atoms. The Kier molecular flexibility index (Phi) is 13.2. The molecular formula is C24H36O6. The first-order chi connectivity index (χ1) is 14.4. The molecule has 0 aromatic heterocycles. The van der Waals surface area contributed by atoms with Gasteiger partial charge in [0.15, 0.2) is 6.29 Å². The Morgan fingerprint density at radius 3 is 2.60 bits per heavy atom. The molecule has 2 rings (SSSR count). The van der Waals surface area contributed by atoms with Gasteiger partial charge in [0.1, 0.15) is 18.3 Å². The van der Waals surface area contributed by atoms with Crippen LogP contribution < -0.4 is 0 Å². The molecule has 0 bridgehead atoms. The zero-order valence-electron chi connectivity index (χ0n) is 18.4. The van der Waals surface area contributed by atoms with Gasteiger partial charge in [-0.25, -0.2) is 0 Å². The summed E-state index contributed by atoms with van der Waals surface area (Å²) in [5.41, 5.74) is 3.63. The van der Waals surface area contributed by atoms with Gasteiger partial charge < -0.3 is 29.5 Å². The van der Waals surface area contributed by atoms with Crippen LogP contribution in [-0.4, -0.2) is 59.7 Å². The molecule has 3 N–H and O–H groups in total. The van der Waals surface area contributed by atoms with Crippen molar-refractivity contribution in [1.29, 1.82) is 0 Å². The van der Waals surface area contributed by atoms with Crippen LogP contribution in [0.1, 0.15) is 31.9 Å². The molecule has 4 atom stereocenters. The van der Waals surface area contributed by atoms with Crippen molar-refractivity contribution in [2.75, 3.05) is 19.8 Å². The predicted molar refractivity (Wildman–Crippen MR) is 118 cm³/mol. The highest BCUT2D eigenvalue weighted by Crippen LogP contribution is 2.17. The molecule has 168 valence electrons. The van der Waals surface area contributed by atoms with E-state index >= 15 is 0 Å². The first-order valence-electron chi connectivity index (χ1n) is 10.3. The largest absolute Gasteiger partial charge is 0.394 e. The van der Waals surface area contributed by atoms with Gasteiger partial charge in [-0.3, -0.25) is 0 Å². The lowest BCUT2D eigenvalue weighted by Gasteiger charge is -2.34. The van der Waals surface area contributed by atoms with E-state index < -0.39 is 31.2 Å². The SMILES string of the molecule is CCOCc1ccc(C)cc1.C\C=C/C(C)=C\C=C\C1OCC(O)C(C(O)CO)O1. The Morgan fingerprint density at radius 1 is 1.30 bits per heavy atom. The molecule has 1 aliphatic heterocycles. The van der Waals surface area contributed by atoms with E-state index in [0.29, 0.717) is 0 Å². The average molecular weight is 421 g/mol. The Bertz CT molecular complexity index is 661. The number of aliphatic hydroxyl groups is 3. The highest BCUT2D eigenvalue weighted by molar-refractivity contribution is 5.21. The van der Waals surface area contributed by atoms with E-state index in [4.69, 9.17) is 19.3 Å². The fraction of sp³-hybridized carbons (Fsp3) is 0.500. The first kappa shape index (κ1) is 26.2. The van der Waals surface area contributed by atoms with E-state index in [-0.39, 0.29) is 6.61 Å². The molecule has 1 fully saturated rings. The molecule has 1 saturated heterocycles. The second kappa shape index (κ2) is 15.1. The van der Waals surface area contributed by atoms with Gasteiger partial charge in [-0.1, -0.05) is 59.7 Å². The second-order valence-electron chi connectivity index (χ2n) is 7.04. The van der Waals surface area contributed by atoms with Crippen LogP contribution in [0.25, 0.3) is 0 Å². The van der Waals surface area contributed by atoms with Gasteiger partial charge in [-0.05, 0) is 39.3 Å². The number of aryl methyl sites for hydroxylation is 1. The van der Waals surface area contributed by atoms with E-state index in [9.17, 15) is 10.2 Å². The smallest absolute Gasteiger partial charge is 0.177 e. The van der Waals surface area contributed by atoms with Crippen molar-refractivity contribution < 1.29 is 29.5 Å². The van der Waals surface area contributed by atoms with Crippen LogP contribution in [0.5, 0.6) is 0 Å². The van der Waals surface area contributed by atoms with Crippen LogP contribution in [0.2, 0.25) is 0 Å². The molecule has 0 radical (unpaired) electrons. The summed E-state index contributed by atoms with van der Waals surface area (Å²) in [4.78, 5) is 0. The minimum atomic E-state index is -1.12. The lowest BCUT2D eigenvalue weighted by molar-refractivity contribution is -0.255. The molecule has 4 unspecified atom stereocenters. The number of rotatable bonds is 8. The van der Waals surface area contributed by atoms with Crippen molar-refractivity contribution in [2.24, 2.45) is 0 Å². The maximum absolute atomic E-state index is 9.61. The van der Waals surface area contributed by atoms with Crippen molar-refractivity contribution in [1.82, 2.24) is 0 Å². The van der Waals surface area contributed by atoms with Crippen LogP contribution in [-0.2, 0) is 20.8 Å². The van der Waals surface area contributed by atoms with E-state index in [1.165, 1.54) is 11.1 Å². The summed E-state index contributed by atoms with van der Waals surface area (Å²) in [7, 11) is 0. The standard InChI is InChI=1S/C14H22O5.C10H14O/c1-3-5-10(2)6-4-7-13-18-9-12(17)14(19-13)11(16)8-15;1-3-11-8-10-6-4-9(2)5-7-10/h3-7,11-17H,8-9H2,1-2H3;4-7H,3,8H2,1-2H3/b5-3-,7-4+,10-6-;. The van der Waals surface area contributed by atoms with Crippen molar-refractivity contribution in [2.45, 2.75) is 58.9 Å². The predicted octanol–water partition coefficient (Wildman–Crippen LogP) is 3.05. The molecule has 6 heteroatoms. The Morgan fingerprint density at radius 2 is 2.00 bits per heavy atom. The number of benzene rings is 1. The molecule has 0 saturated carbocycles. The third-order valence-corrected chi connectivity index (χ3v) is 4.32. The summed E-state index contributed by atoms with van der Waals surface area (Å²) < 4.78 is 15.9. The first-order valence-corrected chi connectivity index (χ1v) is 10.3. The summed E-state index contributed by atoms with van der Waals surface area (Å²) in [6, 6.07) is 8.42. The molecular weight excluding hydrogens is 384 g/mol. The van der Waals surface area contributed by atoms with Crippen LogP contribution in [0.15, 0.2) is 60.2 Å². The van der Waals surface area contributed by atoms with Gasteiger partial charge in [0.2, 0.25) is 0 Å². The second-order valence-corrected chi connectivity index (χ2v) is 7.04. The number of ether oxygens (including phenoxy) is 3. The normalized spacial score (nSPS) is 23.4. The maximum atomic E-state index is 9.61. The van der Waals surface area contributed by atoms with E-state index in [2.05, 4.69) is 31.2 Å². The Labute approximate surface area is 180 Å². The van der Waals surface area contributed by atoms with Crippen molar-refractivity contribution in [3.05, 3.63) is 71.3 Å². The van der Waals surface area contributed by atoms with Crippen LogP contribution in [0, 0.1) is 6.92 Å². The lowest BCUT2D eigenvalue weighted by Crippen LogP contribution is -2.50. The van der Waals surface area contributed by atoms with Crippen LogP contribution >= 0.6 is 0 Å². The third-order valence-electron chi connectivity index (χ3n) is 4.32. The molecule has 1 aliphatic rings. The number of allylic oxidation sites excluding steroid dienone is 5. The fourth-order valence-corrected chi connectivity index (χ4v) is 2.65. The molecule has 6 nitrogen and oxygen atoms in total. The molecule has 1 aromatic carbocycles. The summed E-state index contributed by atoms with van der Waals surface area (Å²) in [5, 5.41) is 28.0. The molecule has 0 amide bonds. The minimum Gasteiger partial charge on any atom is -0.394 e. The van der Waals surface area contributed by atoms with Gasteiger partial charge >= 0.3 is 0 Å². The van der Waals surface area contributed by atoms with E-state index in [0.717, 1.165) is 18.8 Å². The van der Waals surface area contributed by atoms with Gasteiger partial charge in [0, 0.05) is 6.61 Å². The van der Waals surface area contributed by atoms with E-state index in [1.54, 1.807) is 12.2 Å². The van der Waals surface area contributed by atoms with Crippen molar-refractivity contribution in [3.63, 3.8) is 0 Å². The highest BCUT2D eigenvalue weighted by atomic mass is 16.7. The van der Waals surface area contributed by atoms with Gasteiger partial charge in [0.05, 0.1) is 19.8 Å². The number of hydrogen-bond acceptors (Lipinski definition) is 6. The topological polar surface area (TPSA) is 88.4 Å². The van der Waals surface area contributed by atoms with Crippen LogP contribution in [0.3, 0.4) is 0 Å². The Balaban J connectivity index is 0.000000346.